The normalized spacial score (nSPS) is 25.3. The van der Waals surface area contributed by atoms with E-state index in [1.165, 1.54) is 6.92 Å². The summed E-state index contributed by atoms with van der Waals surface area (Å²) in [4.78, 5) is 11.3. The first-order valence-electron chi connectivity index (χ1n) is 7.20. The van der Waals surface area contributed by atoms with Crippen LogP contribution in [0.1, 0.15) is 40.0 Å². The van der Waals surface area contributed by atoms with Gasteiger partial charge >= 0.3 is 5.97 Å². The van der Waals surface area contributed by atoms with Crippen molar-refractivity contribution in [3.63, 3.8) is 0 Å². The Morgan fingerprint density at radius 1 is 1.50 bits per heavy atom. The van der Waals surface area contributed by atoms with Gasteiger partial charge in [0, 0.05) is 20.5 Å². The van der Waals surface area contributed by atoms with Crippen LogP contribution >= 0.6 is 0 Å². The third-order valence-electron chi connectivity index (χ3n) is 3.30. The van der Waals surface area contributed by atoms with Gasteiger partial charge in [0.25, 0.3) is 0 Å². The molecule has 0 aromatic rings. The molecule has 0 aromatic carbocycles. The molecule has 0 aliphatic carbocycles. The van der Waals surface area contributed by atoms with Gasteiger partial charge in [-0.3, -0.25) is 4.79 Å². The summed E-state index contributed by atoms with van der Waals surface area (Å²) in [6, 6.07) is 2.07. The van der Waals surface area contributed by atoms with Crippen LogP contribution in [0.4, 0.5) is 0 Å². The largest absolute Gasteiger partial charge is 0.446 e. The molecular formula is C16H23NO5. The van der Waals surface area contributed by atoms with Gasteiger partial charge in [0.05, 0.1) is 12.7 Å². The van der Waals surface area contributed by atoms with Crippen LogP contribution in [0, 0.1) is 23.2 Å². The first-order valence-corrected chi connectivity index (χ1v) is 7.20. The maximum atomic E-state index is 11.3. The minimum Gasteiger partial charge on any atom is -0.446 e. The predicted molar refractivity (Wildman–Crippen MR) is 78.5 cm³/mol. The quantitative estimate of drug-likeness (QED) is 0.223. The molecule has 6 heteroatoms. The van der Waals surface area contributed by atoms with Crippen molar-refractivity contribution in [2.75, 3.05) is 20.5 Å². The SMILES string of the molecule is COCOCC1OC1(C)C#CC(C)(CCCC#N)OC(C)=O. The fourth-order valence-electron chi connectivity index (χ4n) is 2.02. The third-order valence-corrected chi connectivity index (χ3v) is 3.30. The van der Waals surface area contributed by atoms with Crippen LogP contribution < -0.4 is 0 Å². The average molecular weight is 309 g/mol. The molecule has 3 unspecified atom stereocenters. The summed E-state index contributed by atoms with van der Waals surface area (Å²) in [5, 5.41) is 8.61. The number of carbonyl (C=O) groups is 1. The van der Waals surface area contributed by atoms with Gasteiger partial charge < -0.3 is 18.9 Å². The van der Waals surface area contributed by atoms with Gasteiger partial charge in [-0.05, 0) is 26.7 Å². The molecule has 22 heavy (non-hydrogen) atoms. The smallest absolute Gasteiger partial charge is 0.304 e. The van der Waals surface area contributed by atoms with Crippen molar-refractivity contribution >= 4 is 5.97 Å². The van der Waals surface area contributed by atoms with Crippen LogP contribution in [0.15, 0.2) is 0 Å². The average Bonchev–Trinajstić information content (AvgIpc) is 3.08. The molecule has 1 heterocycles. The molecule has 0 radical (unpaired) electrons. The molecule has 1 rings (SSSR count). The molecule has 122 valence electrons. The van der Waals surface area contributed by atoms with E-state index in [0.717, 1.165) is 0 Å². The Bertz CT molecular complexity index is 489. The van der Waals surface area contributed by atoms with E-state index in [0.29, 0.717) is 25.9 Å². The Balaban J connectivity index is 2.63. The number of nitrogens with zero attached hydrogens (tertiary/aromatic N) is 1. The van der Waals surface area contributed by atoms with Crippen LogP contribution in [-0.2, 0) is 23.7 Å². The Morgan fingerprint density at radius 2 is 2.23 bits per heavy atom. The van der Waals surface area contributed by atoms with E-state index in [1.54, 1.807) is 14.0 Å². The Morgan fingerprint density at radius 3 is 2.82 bits per heavy atom. The van der Waals surface area contributed by atoms with E-state index < -0.39 is 17.2 Å². The van der Waals surface area contributed by atoms with Gasteiger partial charge in [0.2, 0.25) is 0 Å². The lowest BCUT2D eigenvalue weighted by Gasteiger charge is -2.23. The molecule has 0 saturated carbocycles. The van der Waals surface area contributed by atoms with Crippen LogP contribution in [-0.4, -0.2) is 43.8 Å². The first-order chi connectivity index (χ1) is 10.4. The minimum atomic E-state index is -0.907. The maximum absolute atomic E-state index is 11.3. The number of hydrogen-bond donors (Lipinski definition) is 0. The van der Waals surface area contributed by atoms with Gasteiger partial charge in [0.1, 0.15) is 12.9 Å². The van der Waals surface area contributed by atoms with E-state index in [2.05, 4.69) is 17.9 Å². The highest BCUT2D eigenvalue weighted by molar-refractivity contribution is 5.67. The van der Waals surface area contributed by atoms with Crippen LogP contribution in [0.5, 0.6) is 0 Å². The predicted octanol–water partition coefficient (Wildman–Crippen LogP) is 1.78. The van der Waals surface area contributed by atoms with Crippen LogP contribution in [0.3, 0.4) is 0 Å². The van der Waals surface area contributed by atoms with E-state index in [4.69, 9.17) is 24.2 Å². The highest BCUT2D eigenvalue weighted by atomic mass is 16.7. The number of methoxy groups -OCH3 is 1. The topological polar surface area (TPSA) is 81.1 Å². The monoisotopic (exact) mass is 309 g/mol. The van der Waals surface area contributed by atoms with Gasteiger partial charge in [-0.2, -0.15) is 5.26 Å². The molecule has 0 aromatic heterocycles. The highest BCUT2D eigenvalue weighted by Gasteiger charge is 2.51. The number of carbonyl (C=O) groups excluding carboxylic acids is 1. The molecule has 1 fully saturated rings. The van der Waals surface area contributed by atoms with Gasteiger partial charge in [-0.15, -0.1) is 0 Å². The van der Waals surface area contributed by atoms with E-state index >= 15 is 0 Å². The molecule has 1 aliphatic rings. The highest BCUT2D eigenvalue weighted by Crippen LogP contribution is 2.36. The number of ether oxygens (including phenoxy) is 4. The second kappa shape index (κ2) is 8.14. The molecule has 0 N–H and O–H groups in total. The van der Waals surface area contributed by atoms with Gasteiger partial charge in [0.15, 0.2) is 11.2 Å². The number of epoxide rings is 1. The lowest BCUT2D eigenvalue weighted by Crippen LogP contribution is -2.29. The van der Waals surface area contributed by atoms with E-state index in [9.17, 15) is 4.79 Å². The van der Waals surface area contributed by atoms with Crippen molar-refractivity contribution in [2.45, 2.75) is 57.3 Å². The molecule has 0 amide bonds. The molecule has 6 nitrogen and oxygen atoms in total. The maximum Gasteiger partial charge on any atom is 0.304 e. The number of rotatable bonds is 8. The number of hydrogen-bond acceptors (Lipinski definition) is 6. The molecule has 3 atom stereocenters. The minimum absolute atomic E-state index is 0.115. The van der Waals surface area contributed by atoms with Gasteiger partial charge in [-0.25, -0.2) is 0 Å². The lowest BCUT2D eigenvalue weighted by molar-refractivity contribution is -0.150. The van der Waals surface area contributed by atoms with Crippen molar-refractivity contribution in [1.82, 2.24) is 0 Å². The summed E-state index contributed by atoms with van der Waals surface area (Å²) in [6.07, 6.45) is 1.41. The molecule has 0 spiro atoms. The summed E-state index contributed by atoms with van der Waals surface area (Å²) >= 11 is 0. The summed E-state index contributed by atoms with van der Waals surface area (Å²) < 4.78 is 20.9. The van der Waals surface area contributed by atoms with Crippen molar-refractivity contribution in [3.8, 4) is 17.9 Å². The zero-order valence-electron chi connectivity index (χ0n) is 13.6. The van der Waals surface area contributed by atoms with Crippen molar-refractivity contribution < 1.29 is 23.7 Å². The fraction of sp³-hybridized carbons (Fsp3) is 0.750. The van der Waals surface area contributed by atoms with Crippen LogP contribution in [0.2, 0.25) is 0 Å². The Hall–Kier alpha value is -1.60. The van der Waals surface area contributed by atoms with Crippen molar-refractivity contribution in [1.29, 1.82) is 5.26 Å². The summed E-state index contributed by atoms with van der Waals surface area (Å²) in [5.41, 5.74) is -1.50. The Kier molecular flexibility index (Phi) is 6.83. The number of nitriles is 1. The molecule has 1 aliphatic heterocycles. The third kappa shape index (κ3) is 6.03. The zero-order valence-corrected chi connectivity index (χ0v) is 13.6. The number of esters is 1. The fourth-order valence-corrected chi connectivity index (χ4v) is 2.02. The summed E-state index contributed by atoms with van der Waals surface area (Å²) in [7, 11) is 1.55. The summed E-state index contributed by atoms with van der Waals surface area (Å²) in [6.45, 7) is 5.58. The lowest BCUT2D eigenvalue weighted by atomic mass is 9.97. The standard InChI is InChI=1S/C16H23NO5/c1-13(18)21-15(2,7-5-6-10-17)8-9-16(3)14(22-16)11-20-12-19-4/h14H,5-7,11-12H2,1-4H3. The Labute approximate surface area is 131 Å². The van der Waals surface area contributed by atoms with E-state index in [-0.39, 0.29) is 12.9 Å². The van der Waals surface area contributed by atoms with Crippen LogP contribution in [0.25, 0.3) is 0 Å². The molecule has 0 bridgehead atoms. The zero-order chi connectivity index (χ0) is 16.6. The summed E-state index contributed by atoms with van der Waals surface area (Å²) in [5.74, 6) is 5.63. The van der Waals surface area contributed by atoms with Crippen molar-refractivity contribution in [3.05, 3.63) is 0 Å². The van der Waals surface area contributed by atoms with E-state index in [1.807, 2.05) is 6.92 Å². The molecular weight excluding hydrogens is 286 g/mol. The first kappa shape index (κ1) is 18.4. The van der Waals surface area contributed by atoms with Gasteiger partial charge in [-0.1, -0.05) is 11.8 Å². The number of unbranched alkanes of at least 4 members (excludes halogenated alkanes) is 1. The molecule has 1 saturated heterocycles. The van der Waals surface area contributed by atoms with Crippen molar-refractivity contribution in [2.24, 2.45) is 0 Å². The second-order valence-electron chi connectivity index (χ2n) is 5.58. The second-order valence-corrected chi connectivity index (χ2v) is 5.58.